The maximum Gasteiger partial charge on any atom is 0.303 e. The van der Waals surface area contributed by atoms with Crippen LogP contribution in [0.1, 0.15) is 64.2 Å². The number of hydrogen-bond donors (Lipinski definition) is 2. The van der Waals surface area contributed by atoms with Gasteiger partial charge in [0.05, 0.1) is 0 Å². The summed E-state index contributed by atoms with van der Waals surface area (Å²) in [7, 11) is 0. The smallest absolute Gasteiger partial charge is 0.303 e. The van der Waals surface area contributed by atoms with Crippen LogP contribution in [0, 0.1) is 17.8 Å². The highest BCUT2D eigenvalue weighted by molar-refractivity contribution is 5.66. The van der Waals surface area contributed by atoms with Gasteiger partial charge in [-0.15, -0.1) is 0 Å². The second-order valence-electron chi connectivity index (χ2n) is 7.33. The van der Waals surface area contributed by atoms with E-state index in [-0.39, 0.29) is 0 Å². The first-order chi connectivity index (χ1) is 9.15. The fourth-order valence-corrected chi connectivity index (χ4v) is 5.26. The maximum absolute atomic E-state index is 10.4. The second kappa shape index (κ2) is 5.43. The average Bonchev–Trinajstić information content (AvgIpc) is 2.31. The van der Waals surface area contributed by atoms with Crippen molar-refractivity contribution in [3.63, 3.8) is 0 Å². The Balaban J connectivity index is 1.39. The van der Waals surface area contributed by atoms with Crippen molar-refractivity contribution in [3.8, 4) is 0 Å². The van der Waals surface area contributed by atoms with Gasteiger partial charge in [-0.25, -0.2) is 0 Å². The molecule has 0 heterocycles. The lowest BCUT2D eigenvalue weighted by atomic mass is 9.53. The quantitative estimate of drug-likeness (QED) is 0.695. The number of nitrogens with one attached hydrogen (secondary N) is 1. The summed E-state index contributed by atoms with van der Waals surface area (Å²) in [5.74, 6) is 2.36. The molecule has 4 aliphatic carbocycles. The molecule has 4 saturated carbocycles. The monoisotopic (exact) mass is 265 g/mol. The summed E-state index contributed by atoms with van der Waals surface area (Å²) in [5.41, 5.74) is 0.474. The van der Waals surface area contributed by atoms with Gasteiger partial charge in [0.15, 0.2) is 0 Å². The van der Waals surface area contributed by atoms with E-state index in [9.17, 15) is 4.79 Å². The summed E-state index contributed by atoms with van der Waals surface area (Å²) in [6.45, 7) is 1.09. The van der Waals surface area contributed by atoms with E-state index in [1.807, 2.05) is 0 Å². The SMILES string of the molecule is O=C(O)CCCCCNC12CC3CC(CC(C3)C1)C2. The van der Waals surface area contributed by atoms with Gasteiger partial charge >= 0.3 is 5.97 Å². The Hall–Kier alpha value is -0.570. The summed E-state index contributed by atoms with van der Waals surface area (Å²) in [5, 5.41) is 12.5. The topological polar surface area (TPSA) is 49.3 Å². The first-order valence-corrected chi connectivity index (χ1v) is 8.12. The van der Waals surface area contributed by atoms with Gasteiger partial charge in [-0.05, 0) is 75.7 Å². The molecule has 4 rings (SSSR count). The molecule has 108 valence electrons. The van der Waals surface area contributed by atoms with Crippen molar-refractivity contribution in [2.24, 2.45) is 17.8 Å². The fraction of sp³-hybridized carbons (Fsp3) is 0.938. The number of aliphatic carboxylic acids is 1. The van der Waals surface area contributed by atoms with Crippen molar-refractivity contribution in [2.45, 2.75) is 69.7 Å². The molecule has 0 unspecified atom stereocenters. The first kappa shape index (κ1) is 13.4. The maximum atomic E-state index is 10.4. The Morgan fingerprint density at radius 2 is 1.58 bits per heavy atom. The molecule has 0 atom stereocenters. The van der Waals surface area contributed by atoms with Crippen molar-refractivity contribution >= 4 is 5.97 Å². The summed E-state index contributed by atoms with van der Waals surface area (Å²) < 4.78 is 0. The molecule has 0 spiro atoms. The van der Waals surface area contributed by atoms with Gasteiger partial charge < -0.3 is 10.4 Å². The van der Waals surface area contributed by atoms with Crippen LogP contribution in [0.25, 0.3) is 0 Å². The van der Waals surface area contributed by atoms with Gasteiger partial charge in [0.2, 0.25) is 0 Å². The average molecular weight is 265 g/mol. The van der Waals surface area contributed by atoms with Gasteiger partial charge in [0.1, 0.15) is 0 Å². The Bertz CT molecular complexity index is 304. The molecule has 4 fully saturated rings. The normalized spacial score (nSPS) is 39.7. The largest absolute Gasteiger partial charge is 0.481 e. The van der Waals surface area contributed by atoms with Gasteiger partial charge in [-0.2, -0.15) is 0 Å². The Morgan fingerprint density at radius 3 is 2.11 bits per heavy atom. The van der Waals surface area contributed by atoms with Crippen LogP contribution in [-0.4, -0.2) is 23.2 Å². The van der Waals surface area contributed by atoms with Crippen LogP contribution >= 0.6 is 0 Å². The Morgan fingerprint density at radius 1 is 1.00 bits per heavy atom. The van der Waals surface area contributed by atoms with E-state index >= 15 is 0 Å². The van der Waals surface area contributed by atoms with Crippen LogP contribution in [0.3, 0.4) is 0 Å². The molecule has 3 nitrogen and oxygen atoms in total. The molecule has 0 aromatic carbocycles. The van der Waals surface area contributed by atoms with E-state index in [0.717, 1.165) is 43.6 Å². The molecular weight excluding hydrogens is 238 g/mol. The molecule has 4 aliphatic rings. The number of rotatable bonds is 7. The minimum absolute atomic E-state index is 0.331. The second-order valence-corrected chi connectivity index (χ2v) is 7.33. The molecule has 0 aromatic heterocycles. The predicted octanol–water partition coefficient (Wildman–Crippen LogP) is 3.19. The molecule has 3 heteroatoms. The third kappa shape index (κ3) is 3.13. The third-order valence-corrected chi connectivity index (χ3v) is 5.61. The lowest BCUT2D eigenvalue weighted by molar-refractivity contribution is -0.137. The van der Waals surface area contributed by atoms with Gasteiger partial charge in [0, 0.05) is 12.0 Å². The van der Waals surface area contributed by atoms with Gasteiger partial charge in [-0.1, -0.05) is 6.42 Å². The van der Waals surface area contributed by atoms with E-state index in [2.05, 4.69) is 5.32 Å². The summed E-state index contributed by atoms with van der Waals surface area (Å²) in [6, 6.07) is 0. The van der Waals surface area contributed by atoms with Gasteiger partial charge in [-0.3, -0.25) is 4.79 Å². The van der Waals surface area contributed by atoms with Crippen LogP contribution in [0.4, 0.5) is 0 Å². The Labute approximate surface area is 116 Å². The number of carboxylic acid groups (broad SMARTS) is 1. The number of carbonyl (C=O) groups is 1. The molecule has 0 saturated heterocycles. The van der Waals surface area contributed by atoms with Crippen molar-refractivity contribution in [3.05, 3.63) is 0 Å². The minimum atomic E-state index is -0.658. The van der Waals surface area contributed by atoms with E-state index in [0.29, 0.717) is 12.0 Å². The van der Waals surface area contributed by atoms with Crippen LogP contribution in [0.15, 0.2) is 0 Å². The molecule has 4 bridgehead atoms. The minimum Gasteiger partial charge on any atom is -0.481 e. The highest BCUT2D eigenvalue weighted by Gasteiger charge is 2.50. The first-order valence-electron chi connectivity index (χ1n) is 8.12. The highest BCUT2D eigenvalue weighted by atomic mass is 16.4. The zero-order chi connectivity index (χ0) is 13.3. The molecule has 0 aromatic rings. The summed E-state index contributed by atoms with van der Waals surface area (Å²) >= 11 is 0. The molecular formula is C16H27NO2. The summed E-state index contributed by atoms with van der Waals surface area (Å²) in [6.07, 6.45) is 12.1. The van der Waals surface area contributed by atoms with Crippen LogP contribution in [0.2, 0.25) is 0 Å². The van der Waals surface area contributed by atoms with Crippen molar-refractivity contribution in [1.29, 1.82) is 0 Å². The van der Waals surface area contributed by atoms with E-state index in [4.69, 9.17) is 5.11 Å². The third-order valence-electron chi connectivity index (χ3n) is 5.61. The van der Waals surface area contributed by atoms with Crippen molar-refractivity contribution in [2.75, 3.05) is 6.54 Å². The Kier molecular flexibility index (Phi) is 3.84. The standard InChI is InChI=1S/C16H27NO2/c18-15(19)4-2-1-3-5-17-16-9-12-6-13(10-16)8-14(7-12)11-16/h12-14,17H,1-11H2,(H,18,19). The molecule has 0 amide bonds. The fourth-order valence-electron chi connectivity index (χ4n) is 5.26. The van der Waals surface area contributed by atoms with Crippen LogP contribution in [-0.2, 0) is 4.79 Å². The van der Waals surface area contributed by atoms with E-state index in [1.54, 1.807) is 0 Å². The molecule has 2 N–H and O–H groups in total. The van der Waals surface area contributed by atoms with Crippen LogP contribution < -0.4 is 5.32 Å². The van der Waals surface area contributed by atoms with E-state index in [1.165, 1.54) is 38.5 Å². The zero-order valence-corrected chi connectivity index (χ0v) is 11.9. The predicted molar refractivity (Wildman–Crippen MR) is 75.0 cm³/mol. The lowest BCUT2D eigenvalue weighted by Gasteiger charge is -2.57. The number of carboxylic acids is 1. The number of unbranched alkanes of at least 4 members (excludes halogenated alkanes) is 2. The summed E-state index contributed by atoms with van der Waals surface area (Å²) in [4.78, 5) is 10.4. The number of hydrogen-bond acceptors (Lipinski definition) is 2. The van der Waals surface area contributed by atoms with Crippen molar-refractivity contribution < 1.29 is 9.90 Å². The molecule has 19 heavy (non-hydrogen) atoms. The highest BCUT2D eigenvalue weighted by Crippen LogP contribution is 2.55. The van der Waals surface area contributed by atoms with Gasteiger partial charge in [0.25, 0.3) is 0 Å². The lowest BCUT2D eigenvalue weighted by Crippen LogP contribution is -2.58. The molecule has 0 aliphatic heterocycles. The van der Waals surface area contributed by atoms with Crippen LogP contribution in [0.5, 0.6) is 0 Å². The molecule has 0 radical (unpaired) electrons. The van der Waals surface area contributed by atoms with Crippen molar-refractivity contribution in [1.82, 2.24) is 5.32 Å². The van der Waals surface area contributed by atoms with E-state index < -0.39 is 5.97 Å². The zero-order valence-electron chi connectivity index (χ0n) is 11.9.